The van der Waals surface area contributed by atoms with Gasteiger partial charge >= 0.3 is 6.18 Å². The minimum Gasteiger partial charge on any atom is -0.359 e. The van der Waals surface area contributed by atoms with E-state index in [4.69, 9.17) is 0 Å². The van der Waals surface area contributed by atoms with Crippen LogP contribution in [0.5, 0.6) is 0 Å². The topological polar surface area (TPSA) is 24.9 Å². The third-order valence-corrected chi connectivity index (χ3v) is 1.89. The predicted molar refractivity (Wildman–Crippen MR) is 48.3 cm³/mol. The Morgan fingerprint density at radius 1 is 1.31 bits per heavy atom. The predicted octanol–water partition coefficient (Wildman–Crippen LogP) is 3.38. The normalized spacial score (nSPS) is 13.9. The van der Waals surface area contributed by atoms with Gasteiger partial charge in [-0.05, 0) is 19.1 Å². The molecule has 0 saturated heterocycles. The van der Waals surface area contributed by atoms with E-state index in [-0.39, 0.29) is 11.4 Å². The van der Waals surface area contributed by atoms with Gasteiger partial charge in [-0.3, -0.25) is 0 Å². The summed E-state index contributed by atoms with van der Waals surface area (Å²) >= 11 is 0. The molecule has 0 aliphatic carbocycles. The number of alkyl halides is 5. The van der Waals surface area contributed by atoms with E-state index in [1.165, 1.54) is 0 Å². The summed E-state index contributed by atoms with van der Waals surface area (Å²) in [5.74, 6) is -0.220. The summed E-state index contributed by atoms with van der Waals surface area (Å²) < 4.78 is 60.9. The van der Waals surface area contributed by atoms with Crippen LogP contribution in [0, 0.1) is 0 Å². The van der Waals surface area contributed by atoms with Gasteiger partial charge in [0.15, 0.2) is 0 Å². The molecule has 0 amide bonds. The van der Waals surface area contributed by atoms with E-state index in [1.807, 2.05) is 5.32 Å². The first-order valence-corrected chi connectivity index (χ1v) is 4.38. The molecule has 1 rings (SSSR count). The van der Waals surface area contributed by atoms with Gasteiger partial charge in [0.25, 0.3) is 6.43 Å². The van der Waals surface area contributed by atoms with Crippen LogP contribution in [0.15, 0.2) is 18.3 Å². The van der Waals surface area contributed by atoms with Crippen molar-refractivity contribution < 1.29 is 22.0 Å². The van der Waals surface area contributed by atoms with Crippen LogP contribution in [-0.4, -0.2) is 17.2 Å². The van der Waals surface area contributed by atoms with Crippen molar-refractivity contribution in [3.05, 3.63) is 23.9 Å². The Morgan fingerprint density at radius 3 is 2.44 bits per heavy atom. The molecule has 0 aliphatic rings. The lowest BCUT2D eigenvalue weighted by Gasteiger charge is -2.17. The van der Waals surface area contributed by atoms with Gasteiger partial charge in [0.2, 0.25) is 0 Å². The summed E-state index contributed by atoms with van der Waals surface area (Å²) in [5, 5.41) is 2.01. The number of halogens is 5. The van der Waals surface area contributed by atoms with Gasteiger partial charge in [0.1, 0.15) is 11.9 Å². The molecule has 0 spiro atoms. The second kappa shape index (κ2) is 4.63. The molecule has 1 atom stereocenters. The van der Waals surface area contributed by atoms with Crippen LogP contribution in [0.3, 0.4) is 0 Å². The zero-order valence-electron chi connectivity index (χ0n) is 8.22. The molecule has 1 aromatic heterocycles. The zero-order valence-corrected chi connectivity index (χ0v) is 8.22. The number of hydrogen-bond donors (Lipinski definition) is 1. The van der Waals surface area contributed by atoms with Crippen molar-refractivity contribution in [2.24, 2.45) is 0 Å². The highest BCUT2D eigenvalue weighted by molar-refractivity contribution is 5.39. The molecule has 2 nitrogen and oxygen atoms in total. The highest BCUT2D eigenvalue weighted by atomic mass is 19.4. The van der Waals surface area contributed by atoms with Crippen LogP contribution in [-0.2, 0) is 0 Å². The Hall–Kier alpha value is -1.40. The molecule has 0 unspecified atom stereocenters. The van der Waals surface area contributed by atoms with Crippen molar-refractivity contribution in [3.63, 3.8) is 0 Å². The van der Waals surface area contributed by atoms with Gasteiger partial charge in [-0.1, -0.05) is 0 Å². The van der Waals surface area contributed by atoms with Crippen LogP contribution in [0.2, 0.25) is 0 Å². The Kier molecular flexibility index (Phi) is 3.66. The molecule has 0 aromatic carbocycles. The number of anilines is 1. The molecule has 0 saturated carbocycles. The number of nitrogens with zero attached hydrogens (tertiary/aromatic N) is 1. The number of pyridine rings is 1. The second-order valence-electron chi connectivity index (χ2n) is 3.18. The standard InChI is InChI=1S/C9H9F5N2/c1-5(9(12,13)14)16-7-4-6(8(10)11)2-3-15-7/h2-5,8H,1H3,(H,15,16)/t5-/m0/s1. The first kappa shape index (κ1) is 12.7. The smallest absolute Gasteiger partial charge is 0.359 e. The number of rotatable bonds is 3. The van der Waals surface area contributed by atoms with E-state index in [1.54, 1.807) is 0 Å². The summed E-state index contributed by atoms with van der Waals surface area (Å²) in [5.41, 5.74) is -0.369. The van der Waals surface area contributed by atoms with Crippen LogP contribution in [0.1, 0.15) is 18.9 Å². The molecule has 0 aliphatic heterocycles. The third-order valence-electron chi connectivity index (χ3n) is 1.89. The van der Waals surface area contributed by atoms with Gasteiger partial charge in [0, 0.05) is 11.8 Å². The summed E-state index contributed by atoms with van der Waals surface area (Å²) in [6, 6.07) is 0.106. The van der Waals surface area contributed by atoms with Crippen molar-refractivity contribution in [2.75, 3.05) is 5.32 Å². The maximum atomic E-state index is 12.2. The minimum atomic E-state index is -4.44. The molecule has 1 heterocycles. The lowest BCUT2D eigenvalue weighted by atomic mass is 10.2. The van der Waals surface area contributed by atoms with E-state index in [9.17, 15) is 22.0 Å². The van der Waals surface area contributed by atoms with Gasteiger partial charge in [-0.15, -0.1) is 0 Å². The Labute approximate surface area is 88.5 Å². The molecular weight excluding hydrogens is 231 g/mol. The summed E-state index contributed by atoms with van der Waals surface area (Å²) in [7, 11) is 0. The van der Waals surface area contributed by atoms with E-state index in [0.29, 0.717) is 0 Å². The highest BCUT2D eigenvalue weighted by Crippen LogP contribution is 2.24. The van der Waals surface area contributed by atoms with E-state index in [2.05, 4.69) is 4.98 Å². The maximum absolute atomic E-state index is 12.2. The van der Waals surface area contributed by atoms with Crippen LogP contribution in [0.25, 0.3) is 0 Å². The fraction of sp³-hybridized carbons (Fsp3) is 0.444. The SMILES string of the molecule is C[C@H](Nc1cc(C(F)F)ccn1)C(F)(F)F. The summed E-state index contributed by atoms with van der Waals surface area (Å²) in [6.45, 7) is 0.886. The van der Waals surface area contributed by atoms with Crippen molar-refractivity contribution in [3.8, 4) is 0 Å². The van der Waals surface area contributed by atoms with Gasteiger partial charge in [-0.2, -0.15) is 13.2 Å². The largest absolute Gasteiger partial charge is 0.408 e. The van der Waals surface area contributed by atoms with E-state index in [0.717, 1.165) is 25.3 Å². The van der Waals surface area contributed by atoms with Gasteiger partial charge < -0.3 is 5.32 Å². The molecule has 7 heteroatoms. The van der Waals surface area contributed by atoms with Gasteiger partial charge in [-0.25, -0.2) is 13.8 Å². The van der Waals surface area contributed by atoms with Crippen molar-refractivity contribution >= 4 is 5.82 Å². The first-order valence-electron chi connectivity index (χ1n) is 4.38. The lowest BCUT2D eigenvalue weighted by Crippen LogP contribution is -2.33. The average molecular weight is 240 g/mol. The average Bonchev–Trinajstić information content (AvgIpc) is 2.16. The Bertz CT molecular complexity index is 350. The monoisotopic (exact) mass is 240 g/mol. The lowest BCUT2D eigenvalue weighted by molar-refractivity contribution is -0.138. The fourth-order valence-electron chi connectivity index (χ4n) is 0.965. The maximum Gasteiger partial charge on any atom is 0.408 e. The van der Waals surface area contributed by atoms with E-state index >= 15 is 0 Å². The minimum absolute atomic E-state index is 0.220. The molecule has 1 aromatic rings. The summed E-state index contributed by atoms with van der Waals surface area (Å²) in [4.78, 5) is 3.53. The molecular formula is C9H9F5N2. The molecule has 0 radical (unpaired) electrons. The quantitative estimate of drug-likeness (QED) is 0.819. The van der Waals surface area contributed by atoms with E-state index < -0.39 is 18.6 Å². The van der Waals surface area contributed by atoms with Crippen molar-refractivity contribution in [1.82, 2.24) is 4.98 Å². The van der Waals surface area contributed by atoms with Crippen LogP contribution < -0.4 is 5.32 Å². The zero-order chi connectivity index (χ0) is 12.3. The molecule has 90 valence electrons. The molecule has 1 N–H and O–H groups in total. The number of nitrogens with one attached hydrogen (secondary N) is 1. The van der Waals surface area contributed by atoms with Crippen molar-refractivity contribution in [2.45, 2.75) is 25.6 Å². The molecule has 0 bridgehead atoms. The Morgan fingerprint density at radius 2 is 1.94 bits per heavy atom. The molecule has 0 fully saturated rings. The molecule has 16 heavy (non-hydrogen) atoms. The van der Waals surface area contributed by atoms with Crippen molar-refractivity contribution in [1.29, 1.82) is 0 Å². The van der Waals surface area contributed by atoms with Gasteiger partial charge in [0.05, 0.1) is 0 Å². The van der Waals surface area contributed by atoms with Crippen LogP contribution in [0.4, 0.5) is 27.8 Å². The highest BCUT2D eigenvalue weighted by Gasteiger charge is 2.36. The Balaban J connectivity index is 2.78. The first-order chi connectivity index (χ1) is 7.30. The van der Waals surface area contributed by atoms with Crippen LogP contribution >= 0.6 is 0 Å². The number of aromatic nitrogens is 1. The second-order valence-corrected chi connectivity index (χ2v) is 3.18. The summed E-state index contributed by atoms with van der Waals surface area (Å²) in [6.07, 6.45) is -6.14. The third kappa shape index (κ3) is 3.32. The number of hydrogen-bond acceptors (Lipinski definition) is 2. The fourth-order valence-corrected chi connectivity index (χ4v) is 0.965.